The minimum atomic E-state index is -0.324. The van der Waals surface area contributed by atoms with Crippen LogP contribution in [0, 0.1) is 0 Å². The predicted molar refractivity (Wildman–Crippen MR) is 114 cm³/mol. The SMILES string of the molecule is CCOCCOCc1ccc(-c2ccc(B3OC(C)(C)C(C)(C)O3)cc2)cc1. The fourth-order valence-electron chi connectivity index (χ4n) is 3.06. The van der Waals surface area contributed by atoms with Crippen LogP contribution in [0.5, 0.6) is 0 Å². The van der Waals surface area contributed by atoms with Gasteiger partial charge in [0.1, 0.15) is 0 Å². The third-order valence-corrected chi connectivity index (χ3v) is 5.57. The Hall–Kier alpha value is -1.66. The van der Waals surface area contributed by atoms with E-state index in [0.717, 1.165) is 17.6 Å². The van der Waals surface area contributed by atoms with E-state index in [-0.39, 0.29) is 18.3 Å². The maximum atomic E-state index is 6.13. The van der Waals surface area contributed by atoms with Gasteiger partial charge in [-0.25, -0.2) is 0 Å². The lowest BCUT2D eigenvalue weighted by Gasteiger charge is -2.32. The van der Waals surface area contributed by atoms with Gasteiger partial charge in [-0.3, -0.25) is 0 Å². The number of hydrogen-bond acceptors (Lipinski definition) is 4. The molecule has 0 N–H and O–H groups in total. The molecule has 0 spiro atoms. The molecule has 0 aliphatic carbocycles. The Balaban J connectivity index is 1.59. The second-order valence-electron chi connectivity index (χ2n) is 8.16. The molecule has 0 radical (unpaired) electrons. The van der Waals surface area contributed by atoms with Gasteiger partial charge in [0.2, 0.25) is 0 Å². The summed E-state index contributed by atoms with van der Waals surface area (Å²) >= 11 is 0. The van der Waals surface area contributed by atoms with E-state index in [1.165, 1.54) is 11.1 Å². The Morgan fingerprint density at radius 3 is 1.79 bits per heavy atom. The lowest BCUT2D eigenvalue weighted by molar-refractivity contribution is 0.00578. The van der Waals surface area contributed by atoms with Crippen LogP contribution >= 0.6 is 0 Å². The van der Waals surface area contributed by atoms with Crippen LogP contribution in [0.25, 0.3) is 11.1 Å². The third kappa shape index (κ3) is 4.84. The zero-order valence-corrected chi connectivity index (χ0v) is 17.7. The smallest absolute Gasteiger partial charge is 0.399 e. The van der Waals surface area contributed by atoms with Gasteiger partial charge in [0.25, 0.3) is 0 Å². The molecular weight excluding hydrogens is 351 g/mol. The minimum absolute atomic E-state index is 0.323. The van der Waals surface area contributed by atoms with Gasteiger partial charge in [-0.05, 0) is 56.8 Å². The van der Waals surface area contributed by atoms with E-state index >= 15 is 0 Å². The molecule has 3 rings (SSSR count). The molecule has 0 atom stereocenters. The van der Waals surface area contributed by atoms with Crippen molar-refractivity contribution in [3.63, 3.8) is 0 Å². The molecule has 150 valence electrons. The lowest BCUT2D eigenvalue weighted by Crippen LogP contribution is -2.41. The number of ether oxygens (including phenoxy) is 2. The van der Waals surface area contributed by atoms with Crippen molar-refractivity contribution in [2.45, 2.75) is 52.4 Å². The molecule has 1 aliphatic rings. The Bertz CT molecular complexity index is 737. The van der Waals surface area contributed by atoms with Crippen molar-refractivity contribution in [3.05, 3.63) is 54.1 Å². The quantitative estimate of drug-likeness (QED) is 0.506. The van der Waals surface area contributed by atoms with Crippen molar-refractivity contribution < 1.29 is 18.8 Å². The average molecular weight is 382 g/mol. The summed E-state index contributed by atoms with van der Waals surface area (Å²) < 4.78 is 23.2. The van der Waals surface area contributed by atoms with Gasteiger partial charge < -0.3 is 18.8 Å². The van der Waals surface area contributed by atoms with Gasteiger partial charge in [-0.1, -0.05) is 48.5 Å². The van der Waals surface area contributed by atoms with E-state index in [1.807, 2.05) is 6.92 Å². The molecule has 28 heavy (non-hydrogen) atoms. The second kappa shape index (κ2) is 8.79. The monoisotopic (exact) mass is 382 g/mol. The zero-order valence-electron chi connectivity index (χ0n) is 17.7. The van der Waals surface area contributed by atoms with Crippen molar-refractivity contribution in [2.75, 3.05) is 19.8 Å². The largest absolute Gasteiger partial charge is 0.494 e. The topological polar surface area (TPSA) is 36.9 Å². The van der Waals surface area contributed by atoms with Crippen molar-refractivity contribution in [1.82, 2.24) is 0 Å². The molecule has 2 aromatic carbocycles. The lowest BCUT2D eigenvalue weighted by atomic mass is 9.78. The van der Waals surface area contributed by atoms with Gasteiger partial charge in [0.05, 0.1) is 31.0 Å². The van der Waals surface area contributed by atoms with Crippen molar-refractivity contribution in [2.24, 2.45) is 0 Å². The molecule has 0 saturated carbocycles. The van der Waals surface area contributed by atoms with Gasteiger partial charge in [-0.15, -0.1) is 0 Å². The molecule has 1 saturated heterocycles. The number of rotatable bonds is 8. The van der Waals surface area contributed by atoms with Crippen LogP contribution in [0.2, 0.25) is 0 Å². The maximum absolute atomic E-state index is 6.13. The van der Waals surface area contributed by atoms with Crippen LogP contribution < -0.4 is 5.46 Å². The summed E-state index contributed by atoms with van der Waals surface area (Å²) in [5.74, 6) is 0. The van der Waals surface area contributed by atoms with Crippen LogP contribution in [-0.4, -0.2) is 38.1 Å². The van der Waals surface area contributed by atoms with Crippen LogP contribution in [0.3, 0.4) is 0 Å². The van der Waals surface area contributed by atoms with E-state index in [9.17, 15) is 0 Å². The first-order valence-electron chi connectivity index (χ1n) is 10.0. The third-order valence-electron chi connectivity index (χ3n) is 5.57. The molecule has 1 aliphatic heterocycles. The number of benzene rings is 2. The molecule has 4 nitrogen and oxygen atoms in total. The van der Waals surface area contributed by atoms with Crippen LogP contribution in [0.4, 0.5) is 0 Å². The molecule has 1 heterocycles. The van der Waals surface area contributed by atoms with Gasteiger partial charge in [0, 0.05) is 6.61 Å². The van der Waals surface area contributed by atoms with E-state index in [0.29, 0.717) is 19.8 Å². The summed E-state index contributed by atoms with van der Waals surface area (Å²) in [5, 5.41) is 0. The van der Waals surface area contributed by atoms with Crippen LogP contribution in [-0.2, 0) is 25.4 Å². The number of hydrogen-bond donors (Lipinski definition) is 0. The highest BCUT2D eigenvalue weighted by atomic mass is 16.7. The fourth-order valence-corrected chi connectivity index (χ4v) is 3.06. The Morgan fingerprint density at radius 1 is 0.750 bits per heavy atom. The molecule has 5 heteroatoms. The summed E-state index contributed by atoms with van der Waals surface area (Å²) in [4.78, 5) is 0. The first-order valence-corrected chi connectivity index (χ1v) is 10.0. The first kappa shape index (κ1) is 21.1. The second-order valence-corrected chi connectivity index (χ2v) is 8.16. The highest BCUT2D eigenvalue weighted by Gasteiger charge is 2.51. The standard InChI is InChI=1S/C23H31BO4/c1-6-25-15-16-26-17-18-7-9-19(10-8-18)20-11-13-21(14-12-20)24-27-22(2,3)23(4,5)28-24/h7-14H,6,15-17H2,1-5H3. The molecule has 1 fully saturated rings. The maximum Gasteiger partial charge on any atom is 0.494 e. The molecule has 2 aromatic rings. The van der Waals surface area contributed by atoms with Gasteiger partial charge in [-0.2, -0.15) is 0 Å². The highest BCUT2D eigenvalue weighted by molar-refractivity contribution is 6.62. The fraction of sp³-hybridized carbons (Fsp3) is 0.478. The summed E-state index contributed by atoms with van der Waals surface area (Å²) in [6.07, 6.45) is 0. The predicted octanol–water partition coefficient (Wildman–Crippen LogP) is 4.21. The molecule has 0 unspecified atom stereocenters. The zero-order chi connectivity index (χ0) is 20.2. The normalized spacial score (nSPS) is 17.8. The van der Waals surface area contributed by atoms with Crippen molar-refractivity contribution in [3.8, 4) is 11.1 Å². The molecular formula is C23H31BO4. The Morgan fingerprint density at radius 2 is 1.25 bits per heavy atom. The van der Waals surface area contributed by atoms with E-state index in [2.05, 4.69) is 76.2 Å². The van der Waals surface area contributed by atoms with E-state index in [1.54, 1.807) is 0 Å². The van der Waals surface area contributed by atoms with Crippen molar-refractivity contribution >= 4 is 12.6 Å². The molecule has 0 bridgehead atoms. The van der Waals surface area contributed by atoms with E-state index < -0.39 is 0 Å². The summed E-state index contributed by atoms with van der Waals surface area (Å²) in [6.45, 7) is 12.9. The summed E-state index contributed by atoms with van der Waals surface area (Å²) in [7, 11) is -0.324. The van der Waals surface area contributed by atoms with E-state index in [4.69, 9.17) is 18.8 Å². The Kier molecular flexibility index (Phi) is 6.61. The Labute approximate surface area is 169 Å². The summed E-state index contributed by atoms with van der Waals surface area (Å²) in [5.41, 5.74) is 3.91. The summed E-state index contributed by atoms with van der Waals surface area (Å²) in [6, 6.07) is 16.9. The van der Waals surface area contributed by atoms with Gasteiger partial charge in [0.15, 0.2) is 0 Å². The average Bonchev–Trinajstić information content (AvgIpc) is 2.90. The first-order chi connectivity index (χ1) is 13.3. The van der Waals surface area contributed by atoms with Gasteiger partial charge >= 0.3 is 7.12 Å². The highest BCUT2D eigenvalue weighted by Crippen LogP contribution is 2.36. The van der Waals surface area contributed by atoms with Crippen LogP contribution in [0.1, 0.15) is 40.2 Å². The van der Waals surface area contributed by atoms with Crippen molar-refractivity contribution in [1.29, 1.82) is 0 Å². The molecule has 0 aromatic heterocycles. The minimum Gasteiger partial charge on any atom is -0.399 e. The van der Waals surface area contributed by atoms with Crippen LogP contribution in [0.15, 0.2) is 48.5 Å². The molecule has 0 amide bonds.